The maximum Gasteiger partial charge on any atom is 0.335 e. The first-order valence-corrected chi connectivity index (χ1v) is 5.69. The van der Waals surface area contributed by atoms with E-state index in [-0.39, 0.29) is 5.56 Å². The van der Waals surface area contributed by atoms with E-state index >= 15 is 0 Å². The van der Waals surface area contributed by atoms with Gasteiger partial charge in [-0.1, -0.05) is 18.2 Å². The molecule has 3 aromatic rings. The molecule has 2 heterocycles. The van der Waals surface area contributed by atoms with Gasteiger partial charge in [-0.25, -0.2) is 4.79 Å². The van der Waals surface area contributed by atoms with E-state index in [1.54, 1.807) is 6.20 Å². The molecular formula is C14H10N2O3. The summed E-state index contributed by atoms with van der Waals surface area (Å²) < 4.78 is 0. The van der Waals surface area contributed by atoms with Crippen LogP contribution < -0.4 is 5.56 Å². The third-order valence-corrected chi connectivity index (χ3v) is 2.97. The lowest BCUT2D eigenvalue weighted by Gasteiger charge is -2.01. The molecule has 0 saturated heterocycles. The van der Waals surface area contributed by atoms with Gasteiger partial charge in [-0.15, -0.1) is 0 Å². The molecule has 3 N–H and O–H groups in total. The molecule has 0 aliphatic carbocycles. The predicted octanol–water partition coefficient (Wildman–Crippen LogP) is 2.22. The maximum atomic E-state index is 11.5. The standard InChI is InChI=1S/C14H10N2O3/c17-13-6-8(14(18)19)5-12(16-13)10-7-15-11-4-2-1-3-9(10)11/h1-7,15H,(H,16,17)(H,18,19). The number of para-hydroxylation sites is 1. The Morgan fingerprint density at radius 3 is 2.74 bits per heavy atom. The van der Waals surface area contributed by atoms with Crippen LogP contribution in [0.3, 0.4) is 0 Å². The number of carbonyl (C=O) groups is 1. The summed E-state index contributed by atoms with van der Waals surface area (Å²) in [5.74, 6) is -1.12. The molecule has 0 fully saturated rings. The fourth-order valence-corrected chi connectivity index (χ4v) is 2.11. The predicted molar refractivity (Wildman–Crippen MR) is 71.3 cm³/mol. The molecule has 0 amide bonds. The molecule has 94 valence electrons. The van der Waals surface area contributed by atoms with Crippen molar-refractivity contribution in [2.45, 2.75) is 0 Å². The van der Waals surface area contributed by atoms with Gasteiger partial charge in [0, 0.05) is 28.7 Å². The van der Waals surface area contributed by atoms with Crippen LogP contribution in [0.5, 0.6) is 0 Å². The van der Waals surface area contributed by atoms with Gasteiger partial charge in [0.15, 0.2) is 0 Å². The molecule has 0 spiro atoms. The number of benzene rings is 1. The zero-order chi connectivity index (χ0) is 13.4. The highest BCUT2D eigenvalue weighted by atomic mass is 16.4. The fraction of sp³-hybridized carbons (Fsp3) is 0. The Morgan fingerprint density at radius 1 is 1.16 bits per heavy atom. The van der Waals surface area contributed by atoms with Gasteiger partial charge in [-0.3, -0.25) is 4.79 Å². The van der Waals surface area contributed by atoms with Crippen molar-refractivity contribution in [3.63, 3.8) is 0 Å². The number of fused-ring (bicyclic) bond motifs is 1. The average molecular weight is 254 g/mol. The fourth-order valence-electron chi connectivity index (χ4n) is 2.11. The van der Waals surface area contributed by atoms with E-state index in [4.69, 9.17) is 5.11 Å². The van der Waals surface area contributed by atoms with E-state index in [0.29, 0.717) is 5.69 Å². The van der Waals surface area contributed by atoms with Crippen molar-refractivity contribution in [3.05, 3.63) is 58.5 Å². The third kappa shape index (κ3) is 1.91. The van der Waals surface area contributed by atoms with Crippen LogP contribution in [0.2, 0.25) is 0 Å². The van der Waals surface area contributed by atoms with Gasteiger partial charge in [0.2, 0.25) is 5.56 Å². The Labute approximate surface area is 107 Å². The molecule has 0 saturated carbocycles. The Morgan fingerprint density at radius 2 is 1.95 bits per heavy atom. The molecule has 0 aliphatic heterocycles. The summed E-state index contributed by atoms with van der Waals surface area (Å²) in [7, 11) is 0. The summed E-state index contributed by atoms with van der Waals surface area (Å²) >= 11 is 0. The molecule has 5 heteroatoms. The van der Waals surface area contributed by atoms with Crippen LogP contribution in [0.25, 0.3) is 22.2 Å². The van der Waals surface area contributed by atoms with Crippen molar-refractivity contribution in [2.75, 3.05) is 0 Å². The minimum atomic E-state index is -1.12. The van der Waals surface area contributed by atoms with Crippen LogP contribution in [0.1, 0.15) is 10.4 Å². The molecule has 1 aromatic carbocycles. The summed E-state index contributed by atoms with van der Waals surface area (Å²) in [6, 6.07) is 10.1. The summed E-state index contributed by atoms with van der Waals surface area (Å²) in [5, 5.41) is 9.92. The van der Waals surface area contributed by atoms with Crippen molar-refractivity contribution < 1.29 is 9.90 Å². The quantitative estimate of drug-likeness (QED) is 0.655. The zero-order valence-corrected chi connectivity index (χ0v) is 9.81. The maximum absolute atomic E-state index is 11.5. The van der Waals surface area contributed by atoms with Crippen LogP contribution in [-0.4, -0.2) is 21.0 Å². The number of rotatable bonds is 2. The zero-order valence-electron chi connectivity index (χ0n) is 9.81. The van der Waals surface area contributed by atoms with Crippen LogP contribution in [0.4, 0.5) is 0 Å². The number of nitrogens with one attached hydrogen (secondary N) is 2. The lowest BCUT2D eigenvalue weighted by Crippen LogP contribution is -2.10. The minimum Gasteiger partial charge on any atom is -0.478 e. The normalized spacial score (nSPS) is 10.7. The average Bonchev–Trinajstić information content (AvgIpc) is 2.81. The number of pyridine rings is 1. The van der Waals surface area contributed by atoms with E-state index in [2.05, 4.69) is 9.97 Å². The van der Waals surface area contributed by atoms with Crippen molar-refractivity contribution in [1.82, 2.24) is 9.97 Å². The molecule has 5 nitrogen and oxygen atoms in total. The second kappa shape index (κ2) is 4.13. The third-order valence-electron chi connectivity index (χ3n) is 2.97. The first-order valence-electron chi connectivity index (χ1n) is 5.69. The number of aromatic carboxylic acids is 1. The first-order chi connectivity index (χ1) is 9.15. The largest absolute Gasteiger partial charge is 0.478 e. The van der Waals surface area contributed by atoms with Gasteiger partial charge >= 0.3 is 5.97 Å². The Hall–Kier alpha value is -2.82. The van der Waals surface area contributed by atoms with E-state index in [1.807, 2.05) is 24.3 Å². The number of carboxylic acids is 1. The molecule has 2 aromatic heterocycles. The molecular weight excluding hydrogens is 244 g/mol. The van der Waals surface area contributed by atoms with Crippen LogP contribution in [0.15, 0.2) is 47.4 Å². The smallest absolute Gasteiger partial charge is 0.335 e. The Balaban J connectivity index is 2.27. The van der Waals surface area contributed by atoms with Gasteiger partial charge in [0.05, 0.1) is 11.3 Å². The van der Waals surface area contributed by atoms with E-state index < -0.39 is 11.5 Å². The molecule has 0 atom stereocenters. The molecule has 19 heavy (non-hydrogen) atoms. The van der Waals surface area contributed by atoms with Crippen molar-refractivity contribution in [3.8, 4) is 11.3 Å². The summed E-state index contributed by atoms with van der Waals surface area (Å²) in [6.45, 7) is 0. The number of aromatic amines is 2. The number of H-pyrrole nitrogens is 2. The van der Waals surface area contributed by atoms with E-state index in [0.717, 1.165) is 22.5 Å². The second-order valence-corrected chi connectivity index (χ2v) is 4.20. The summed E-state index contributed by atoms with van der Waals surface area (Å²) in [4.78, 5) is 28.2. The van der Waals surface area contributed by atoms with Crippen molar-refractivity contribution in [1.29, 1.82) is 0 Å². The Bertz CT molecular complexity index is 830. The van der Waals surface area contributed by atoms with Gasteiger partial charge in [0.1, 0.15) is 0 Å². The summed E-state index contributed by atoms with van der Waals surface area (Å²) in [6.07, 6.45) is 1.75. The Kier molecular flexibility index (Phi) is 2.45. The lowest BCUT2D eigenvalue weighted by molar-refractivity contribution is 0.0696. The van der Waals surface area contributed by atoms with E-state index in [9.17, 15) is 9.59 Å². The monoisotopic (exact) mass is 254 g/mol. The SMILES string of the molecule is O=C(O)c1cc(-c2c[nH]c3ccccc23)[nH]c(=O)c1. The van der Waals surface area contributed by atoms with Gasteiger partial charge in [-0.05, 0) is 12.1 Å². The van der Waals surface area contributed by atoms with Crippen LogP contribution >= 0.6 is 0 Å². The lowest BCUT2D eigenvalue weighted by atomic mass is 10.1. The molecule has 0 bridgehead atoms. The number of carboxylic acid groups (broad SMARTS) is 1. The second-order valence-electron chi connectivity index (χ2n) is 4.20. The highest BCUT2D eigenvalue weighted by molar-refractivity contribution is 5.96. The van der Waals surface area contributed by atoms with Gasteiger partial charge in [-0.2, -0.15) is 0 Å². The van der Waals surface area contributed by atoms with Crippen molar-refractivity contribution in [2.24, 2.45) is 0 Å². The minimum absolute atomic E-state index is 0.0240. The molecule has 3 rings (SSSR count). The van der Waals surface area contributed by atoms with Crippen molar-refractivity contribution >= 4 is 16.9 Å². The number of aromatic nitrogens is 2. The molecule has 0 unspecified atom stereocenters. The van der Waals surface area contributed by atoms with E-state index in [1.165, 1.54) is 6.07 Å². The molecule has 0 radical (unpaired) electrons. The first kappa shape index (κ1) is 11.3. The van der Waals surface area contributed by atoms with Crippen LogP contribution in [-0.2, 0) is 0 Å². The van der Waals surface area contributed by atoms with Crippen LogP contribution in [0, 0.1) is 0 Å². The topological polar surface area (TPSA) is 85.9 Å². The van der Waals surface area contributed by atoms with Gasteiger partial charge in [0.25, 0.3) is 0 Å². The highest BCUT2D eigenvalue weighted by Gasteiger charge is 2.10. The number of hydrogen-bond donors (Lipinski definition) is 3. The summed E-state index contributed by atoms with van der Waals surface area (Å²) in [5.41, 5.74) is 1.74. The van der Waals surface area contributed by atoms with Gasteiger partial charge < -0.3 is 15.1 Å². The molecule has 0 aliphatic rings. The highest BCUT2D eigenvalue weighted by Crippen LogP contribution is 2.26. The number of hydrogen-bond acceptors (Lipinski definition) is 2.